The number of aromatic nitrogens is 3. The van der Waals surface area contributed by atoms with E-state index in [1.807, 2.05) is 6.92 Å². The number of hydrogen-bond donors (Lipinski definition) is 2. The number of allylic oxidation sites excluding steroid dienone is 1. The van der Waals surface area contributed by atoms with E-state index >= 15 is 0 Å². The Morgan fingerprint density at radius 1 is 1.19 bits per heavy atom. The Morgan fingerprint density at radius 2 is 1.94 bits per heavy atom. The molecule has 3 aromatic rings. The van der Waals surface area contributed by atoms with Gasteiger partial charge < -0.3 is 15.0 Å². The van der Waals surface area contributed by atoms with E-state index in [9.17, 15) is 19.5 Å². The molecule has 0 saturated heterocycles. The van der Waals surface area contributed by atoms with Gasteiger partial charge in [0.25, 0.3) is 0 Å². The lowest BCUT2D eigenvalue weighted by Gasteiger charge is -2.20. The fourth-order valence-corrected chi connectivity index (χ4v) is 3.64. The summed E-state index contributed by atoms with van der Waals surface area (Å²) in [6.45, 7) is 4.13. The molecular formula is C22H20Cl2N4O4. The van der Waals surface area contributed by atoms with E-state index in [0.717, 1.165) is 0 Å². The van der Waals surface area contributed by atoms with Gasteiger partial charge in [0.1, 0.15) is 5.56 Å². The summed E-state index contributed by atoms with van der Waals surface area (Å²) in [6.07, 6.45) is 4.64. The molecule has 0 radical (unpaired) electrons. The van der Waals surface area contributed by atoms with Crippen molar-refractivity contribution in [3.05, 3.63) is 80.2 Å². The number of nitrogens with zero attached hydrogens (tertiary/aromatic N) is 3. The van der Waals surface area contributed by atoms with Crippen LogP contribution in [0, 0.1) is 0 Å². The van der Waals surface area contributed by atoms with Gasteiger partial charge in [0, 0.05) is 36.1 Å². The molecule has 8 nitrogen and oxygen atoms in total. The average molecular weight is 475 g/mol. The number of carbonyl (C=O) groups excluding carboxylic acids is 1. The van der Waals surface area contributed by atoms with E-state index in [0.29, 0.717) is 28.6 Å². The van der Waals surface area contributed by atoms with Crippen molar-refractivity contribution in [3.63, 3.8) is 0 Å². The summed E-state index contributed by atoms with van der Waals surface area (Å²) in [4.78, 5) is 36.4. The summed E-state index contributed by atoms with van der Waals surface area (Å²) in [7, 11) is 0. The maximum atomic E-state index is 12.8. The Morgan fingerprint density at radius 3 is 2.56 bits per heavy atom. The van der Waals surface area contributed by atoms with Crippen molar-refractivity contribution in [2.45, 2.75) is 26.9 Å². The van der Waals surface area contributed by atoms with Crippen LogP contribution in [0.25, 0.3) is 11.3 Å². The summed E-state index contributed by atoms with van der Waals surface area (Å²) in [6, 6.07) is 7.61. The highest BCUT2D eigenvalue weighted by Crippen LogP contribution is 2.30. The largest absolute Gasteiger partial charge is 0.477 e. The molecule has 2 N–H and O–H groups in total. The molecule has 0 spiro atoms. The second-order valence-electron chi connectivity index (χ2n) is 6.79. The van der Waals surface area contributed by atoms with Crippen molar-refractivity contribution < 1.29 is 14.7 Å². The molecule has 2 heterocycles. The summed E-state index contributed by atoms with van der Waals surface area (Å²) < 4.78 is 3.27. The Balaban J connectivity index is 2.10. The van der Waals surface area contributed by atoms with Gasteiger partial charge >= 0.3 is 5.97 Å². The van der Waals surface area contributed by atoms with Gasteiger partial charge in [-0.15, -0.1) is 0 Å². The van der Waals surface area contributed by atoms with Crippen LogP contribution in [0.5, 0.6) is 0 Å². The minimum atomic E-state index is -1.34. The zero-order chi connectivity index (χ0) is 23.4. The van der Waals surface area contributed by atoms with Gasteiger partial charge in [-0.25, -0.2) is 4.79 Å². The highest BCUT2D eigenvalue weighted by atomic mass is 35.5. The number of nitrogens with one attached hydrogen (secondary N) is 1. The van der Waals surface area contributed by atoms with Gasteiger partial charge in [0.15, 0.2) is 11.2 Å². The first-order valence-corrected chi connectivity index (χ1v) is 10.4. The van der Waals surface area contributed by atoms with Gasteiger partial charge in [-0.3, -0.25) is 14.3 Å². The van der Waals surface area contributed by atoms with Crippen LogP contribution in [-0.4, -0.2) is 31.3 Å². The maximum Gasteiger partial charge on any atom is 0.341 e. The number of carbonyl (C=O) groups is 2. The molecule has 2 aromatic heterocycles. The predicted molar refractivity (Wildman–Crippen MR) is 124 cm³/mol. The van der Waals surface area contributed by atoms with Gasteiger partial charge in [0.2, 0.25) is 5.91 Å². The summed E-state index contributed by atoms with van der Waals surface area (Å²) in [5.74, 6) is -1.29. The summed E-state index contributed by atoms with van der Waals surface area (Å²) in [5.41, 5.74) is 0.242. The minimum absolute atomic E-state index is 0.177. The monoisotopic (exact) mass is 474 g/mol. The Labute approximate surface area is 193 Å². The maximum absolute atomic E-state index is 12.8. The molecule has 0 atom stereocenters. The lowest BCUT2D eigenvalue weighted by molar-refractivity contribution is -0.111. The second kappa shape index (κ2) is 9.84. The molecule has 1 amide bonds. The molecule has 0 unspecified atom stereocenters. The molecule has 1 aromatic carbocycles. The normalized spacial score (nSPS) is 11.1. The van der Waals surface area contributed by atoms with E-state index in [1.165, 1.54) is 18.2 Å². The molecule has 166 valence electrons. The SMILES string of the molecule is C/C=C/C(=O)Nc1ccn(Cc2cc(=O)c(C(=O)O)c(-c3ccc(Cl)c(Cl)c3)n2CC)n1. The lowest BCUT2D eigenvalue weighted by atomic mass is 10.0. The molecule has 0 aliphatic rings. The quantitative estimate of drug-likeness (QED) is 0.496. The number of aromatic carboxylic acids is 1. The molecule has 0 bridgehead atoms. The molecule has 0 saturated carbocycles. The zero-order valence-electron chi connectivity index (χ0n) is 17.3. The fraction of sp³-hybridized carbons (Fsp3) is 0.182. The second-order valence-corrected chi connectivity index (χ2v) is 7.60. The van der Waals surface area contributed by atoms with E-state index in [4.69, 9.17) is 23.2 Å². The number of carboxylic acid groups (broad SMARTS) is 1. The van der Waals surface area contributed by atoms with Crippen LogP contribution in [0.1, 0.15) is 29.9 Å². The summed E-state index contributed by atoms with van der Waals surface area (Å²) >= 11 is 12.2. The topological polar surface area (TPSA) is 106 Å². The third-order valence-electron chi connectivity index (χ3n) is 4.65. The lowest BCUT2D eigenvalue weighted by Crippen LogP contribution is -2.24. The standard InChI is InChI=1S/C22H20Cl2N4O4/c1-3-5-19(30)25-18-8-9-27(26-18)12-14-11-17(29)20(22(31)32)21(28(14)4-2)13-6-7-15(23)16(24)10-13/h3,5-11H,4,12H2,1-2H3,(H,31,32)(H,25,26,30)/b5-3+. The third kappa shape index (κ3) is 4.92. The number of rotatable bonds is 7. The van der Waals surface area contributed by atoms with Crippen LogP contribution in [0.2, 0.25) is 10.0 Å². The Bertz CT molecular complexity index is 1280. The van der Waals surface area contributed by atoms with Crippen molar-refractivity contribution in [2.24, 2.45) is 0 Å². The Kier molecular flexibility index (Phi) is 7.17. The van der Waals surface area contributed by atoms with Gasteiger partial charge in [-0.2, -0.15) is 5.10 Å². The molecule has 10 heteroatoms. The number of benzene rings is 1. The van der Waals surface area contributed by atoms with E-state index in [2.05, 4.69) is 10.4 Å². The van der Waals surface area contributed by atoms with Crippen molar-refractivity contribution in [1.82, 2.24) is 14.3 Å². The molecule has 0 fully saturated rings. The van der Waals surface area contributed by atoms with Crippen molar-refractivity contribution in [1.29, 1.82) is 0 Å². The van der Waals surface area contributed by atoms with Crippen molar-refractivity contribution in [3.8, 4) is 11.3 Å². The number of pyridine rings is 1. The van der Waals surface area contributed by atoms with E-state index < -0.39 is 11.4 Å². The first-order chi connectivity index (χ1) is 15.2. The fourth-order valence-electron chi connectivity index (χ4n) is 3.34. The molecule has 3 rings (SSSR count). The molecular weight excluding hydrogens is 455 g/mol. The predicted octanol–water partition coefficient (Wildman–Crippen LogP) is 4.30. The zero-order valence-corrected chi connectivity index (χ0v) is 18.8. The number of anilines is 1. The number of hydrogen-bond acceptors (Lipinski definition) is 4. The highest BCUT2D eigenvalue weighted by Gasteiger charge is 2.22. The van der Waals surface area contributed by atoms with Crippen molar-refractivity contribution in [2.75, 3.05) is 5.32 Å². The first-order valence-electron chi connectivity index (χ1n) is 9.67. The van der Waals surface area contributed by atoms with Gasteiger partial charge in [0.05, 0.1) is 22.3 Å². The number of halogens is 2. The van der Waals surface area contributed by atoms with Crippen molar-refractivity contribution >= 4 is 40.9 Å². The molecule has 0 aliphatic carbocycles. The third-order valence-corrected chi connectivity index (χ3v) is 5.39. The summed E-state index contributed by atoms with van der Waals surface area (Å²) in [5, 5.41) is 17.2. The molecule has 32 heavy (non-hydrogen) atoms. The molecule has 0 aliphatic heterocycles. The average Bonchev–Trinajstić information content (AvgIpc) is 3.16. The number of carboxylic acids is 1. The van der Waals surface area contributed by atoms with Crippen LogP contribution >= 0.6 is 23.2 Å². The minimum Gasteiger partial charge on any atom is -0.477 e. The van der Waals surface area contributed by atoms with Crippen LogP contribution in [0.3, 0.4) is 0 Å². The van der Waals surface area contributed by atoms with Crippen LogP contribution in [-0.2, 0) is 17.9 Å². The smallest absolute Gasteiger partial charge is 0.341 e. The Hall–Kier alpha value is -3.36. The first kappa shape index (κ1) is 23.3. The van der Waals surface area contributed by atoms with E-state index in [1.54, 1.807) is 46.6 Å². The van der Waals surface area contributed by atoms with Crippen LogP contribution < -0.4 is 10.7 Å². The van der Waals surface area contributed by atoms with Crippen LogP contribution in [0.15, 0.2) is 53.5 Å². The highest BCUT2D eigenvalue weighted by molar-refractivity contribution is 6.42. The van der Waals surface area contributed by atoms with E-state index in [-0.39, 0.29) is 28.7 Å². The number of amides is 1. The van der Waals surface area contributed by atoms with Crippen LogP contribution in [0.4, 0.5) is 5.82 Å². The van der Waals surface area contributed by atoms with Gasteiger partial charge in [-0.05, 0) is 32.1 Å². The van der Waals surface area contributed by atoms with Gasteiger partial charge in [-0.1, -0.05) is 35.3 Å².